The number of hydrogen-bond acceptors (Lipinski definition) is 2. The molecular weight excluding hydrogens is 512 g/mol. The van der Waals surface area contributed by atoms with E-state index in [0.29, 0.717) is 23.5 Å². The second-order valence-corrected chi connectivity index (χ2v) is 12.3. The molecule has 0 radical (unpaired) electrons. The minimum Gasteiger partial charge on any atom is -0.299 e. The molecule has 2 unspecified atom stereocenters. The highest BCUT2D eigenvalue weighted by molar-refractivity contribution is 9.12. The van der Waals surface area contributed by atoms with Gasteiger partial charge in [0.1, 0.15) is 5.78 Å². The number of halogens is 3. The zero-order valence-corrected chi connectivity index (χ0v) is 19.5. The number of ketones is 2. The van der Waals surface area contributed by atoms with Gasteiger partial charge in [-0.05, 0) is 66.9 Å². The van der Waals surface area contributed by atoms with Crippen molar-refractivity contribution in [3.05, 3.63) is 11.6 Å². The smallest absolute Gasteiger partial charge is 0.169 e. The maximum absolute atomic E-state index is 12.6. The Morgan fingerprint density at radius 3 is 2.48 bits per heavy atom. The lowest BCUT2D eigenvalue weighted by Crippen LogP contribution is -2.58. The number of alkyl halides is 3. The Hall–Kier alpha value is 0.520. The van der Waals surface area contributed by atoms with Gasteiger partial charge in [0.25, 0.3) is 0 Å². The second kappa shape index (κ2) is 6.01. The van der Waals surface area contributed by atoms with Crippen molar-refractivity contribution < 1.29 is 9.59 Å². The van der Waals surface area contributed by atoms with Gasteiger partial charge in [0, 0.05) is 17.2 Å². The van der Waals surface area contributed by atoms with Gasteiger partial charge in [-0.1, -0.05) is 61.6 Å². The standard InChI is InChI=1S/C20H25Br3O2/c1-18-6-5-13-11(12(18)3-4-17(18)25)8-20(23,10-21)16-7-15(24)14(22)9-19(13,16)2/h7,11-14H,3-6,8-10H2,1-2H3/t11-,12-,13+,14?,18-,19+,20?/m0/s1. The first kappa shape index (κ1) is 18.9. The Morgan fingerprint density at radius 1 is 1.12 bits per heavy atom. The Kier molecular flexibility index (Phi) is 4.53. The molecule has 0 aliphatic heterocycles. The highest BCUT2D eigenvalue weighted by Gasteiger charge is 2.63. The molecule has 0 heterocycles. The van der Waals surface area contributed by atoms with Crippen LogP contribution < -0.4 is 0 Å². The fourth-order valence-electron chi connectivity index (χ4n) is 6.72. The Morgan fingerprint density at radius 2 is 1.80 bits per heavy atom. The van der Waals surface area contributed by atoms with Gasteiger partial charge in [-0.15, -0.1) is 0 Å². The third-order valence-electron chi connectivity index (χ3n) is 8.03. The van der Waals surface area contributed by atoms with Crippen LogP contribution in [0.25, 0.3) is 0 Å². The van der Waals surface area contributed by atoms with Crippen molar-refractivity contribution >= 4 is 59.4 Å². The summed E-state index contributed by atoms with van der Waals surface area (Å²) in [6, 6.07) is 0. The molecule has 7 atom stereocenters. The number of carbonyl (C=O) groups excluding carboxylic acids is 2. The lowest BCUT2D eigenvalue weighted by Gasteiger charge is -2.61. The first-order chi connectivity index (χ1) is 11.7. The van der Waals surface area contributed by atoms with Crippen LogP contribution in [0.1, 0.15) is 52.4 Å². The number of hydrogen-bond donors (Lipinski definition) is 0. The molecule has 0 bridgehead atoms. The maximum Gasteiger partial charge on any atom is 0.169 e. The van der Waals surface area contributed by atoms with E-state index in [-0.39, 0.29) is 25.8 Å². The maximum atomic E-state index is 12.6. The molecule has 5 heteroatoms. The average molecular weight is 537 g/mol. The van der Waals surface area contributed by atoms with Gasteiger partial charge in [-0.25, -0.2) is 0 Å². The van der Waals surface area contributed by atoms with E-state index < -0.39 is 0 Å². The van der Waals surface area contributed by atoms with Crippen LogP contribution in [0, 0.1) is 28.6 Å². The number of rotatable bonds is 1. The monoisotopic (exact) mass is 534 g/mol. The lowest BCUT2D eigenvalue weighted by molar-refractivity contribution is -0.132. The van der Waals surface area contributed by atoms with E-state index in [0.717, 1.165) is 43.9 Å². The zero-order valence-electron chi connectivity index (χ0n) is 14.8. The summed E-state index contributed by atoms with van der Waals surface area (Å²) >= 11 is 11.4. The predicted octanol–water partition coefficient (Wildman–Crippen LogP) is 5.60. The molecule has 0 aromatic rings. The summed E-state index contributed by atoms with van der Waals surface area (Å²) in [6.07, 6.45) is 7.75. The van der Waals surface area contributed by atoms with E-state index in [2.05, 4.69) is 61.6 Å². The summed E-state index contributed by atoms with van der Waals surface area (Å²) in [5.74, 6) is 2.31. The van der Waals surface area contributed by atoms with Gasteiger partial charge in [-0.2, -0.15) is 0 Å². The summed E-state index contributed by atoms with van der Waals surface area (Å²) in [5.41, 5.74) is 1.19. The Bertz CT molecular complexity index is 674. The minimum atomic E-state index is -0.171. The average Bonchev–Trinajstić information content (AvgIpc) is 2.86. The summed E-state index contributed by atoms with van der Waals surface area (Å²) in [4.78, 5) is 25.0. The number of allylic oxidation sites excluding steroid dienone is 1. The topological polar surface area (TPSA) is 34.1 Å². The van der Waals surface area contributed by atoms with E-state index in [4.69, 9.17) is 0 Å². The van der Waals surface area contributed by atoms with Crippen molar-refractivity contribution in [3.8, 4) is 0 Å². The molecule has 0 aromatic heterocycles. The van der Waals surface area contributed by atoms with E-state index in [1.165, 1.54) is 5.57 Å². The largest absolute Gasteiger partial charge is 0.299 e. The van der Waals surface area contributed by atoms with E-state index >= 15 is 0 Å². The first-order valence-electron chi connectivity index (χ1n) is 9.34. The fourth-order valence-corrected chi connectivity index (χ4v) is 8.99. The van der Waals surface area contributed by atoms with E-state index in [1.807, 2.05) is 6.08 Å². The van der Waals surface area contributed by atoms with Crippen molar-refractivity contribution in [2.75, 3.05) is 5.33 Å². The molecule has 138 valence electrons. The van der Waals surface area contributed by atoms with Crippen LogP contribution in [-0.4, -0.2) is 26.0 Å². The van der Waals surface area contributed by atoms with Crippen molar-refractivity contribution in [1.82, 2.24) is 0 Å². The molecular formula is C20H25Br3O2. The predicted molar refractivity (Wildman–Crippen MR) is 111 cm³/mol. The summed E-state index contributed by atoms with van der Waals surface area (Å²) in [7, 11) is 0. The number of fused-ring (bicyclic) bond motifs is 5. The minimum absolute atomic E-state index is 0.0230. The quantitative estimate of drug-likeness (QED) is 0.409. The first-order valence-corrected chi connectivity index (χ1v) is 12.2. The van der Waals surface area contributed by atoms with Gasteiger partial charge < -0.3 is 0 Å². The van der Waals surface area contributed by atoms with Gasteiger partial charge >= 0.3 is 0 Å². The molecule has 4 aliphatic carbocycles. The molecule has 25 heavy (non-hydrogen) atoms. The van der Waals surface area contributed by atoms with Gasteiger partial charge in [-0.3, -0.25) is 9.59 Å². The van der Waals surface area contributed by atoms with Crippen LogP contribution in [0.2, 0.25) is 0 Å². The van der Waals surface area contributed by atoms with Crippen LogP contribution in [0.5, 0.6) is 0 Å². The number of carbonyl (C=O) groups is 2. The van der Waals surface area contributed by atoms with Gasteiger partial charge in [0.2, 0.25) is 0 Å². The third kappa shape index (κ3) is 2.50. The normalized spacial score (nSPS) is 52.3. The molecule has 0 aromatic carbocycles. The number of Topliss-reactive ketones (excluding diaryl/α,β-unsaturated/α-hetero) is 1. The summed E-state index contributed by atoms with van der Waals surface area (Å²) < 4.78 is -0.171. The Balaban J connectivity index is 1.82. The van der Waals surface area contributed by atoms with Crippen molar-refractivity contribution in [1.29, 1.82) is 0 Å². The molecule has 3 saturated carbocycles. The Labute approximate surface area is 175 Å². The molecule has 0 spiro atoms. The highest BCUT2D eigenvalue weighted by Crippen LogP contribution is 2.68. The molecule has 0 N–H and O–H groups in total. The lowest BCUT2D eigenvalue weighted by atomic mass is 9.45. The molecule has 4 aliphatic rings. The molecule has 2 nitrogen and oxygen atoms in total. The fraction of sp³-hybridized carbons (Fsp3) is 0.800. The molecule has 3 fully saturated rings. The van der Waals surface area contributed by atoms with Crippen LogP contribution in [-0.2, 0) is 9.59 Å². The van der Waals surface area contributed by atoms with Crippen LogP contribution in [0.3, 0.4) is 0 Å². The van der Waals surface area contributed by atoms with Crippen LogP contribution >= 0.6 is 47.8 Å². The van der Waals surface area contributed by atoms with Crippen LogP contribution in [0.15, 0.2) is 11.6 Å². The van der Waals surface area contributed by atoms with Crippen molar-refractivity contribution in [2.24, 2.45) is 28.6 Å². The molecule has 0 amide bonds. The second-order valence-electron chi connectivity index (χ2n) is 9.15. The van der Waals surface area contributed by atoms with E-state index in [9.17, 15) is 9.59 Å². The highest BCUT2D eigenvalue weighted by atomic mass is 79.9. The zero-order chi connectivity index (χ0) is 18.2. The molecule has 4 rings (SSSR count). The van der Waals surface area contributed by atoms with Gasteiger partial charge in [0.05, 0.1) is 9.15 Å². The van der Waals surface area contributed by atoms with Crippen molar-refractivity contribution in [2.45, 2.75) is 61.5 Å². The summed E-state index contributed by atoms with van der Waals surface area (Å²) in [6.45, 7) is 4.59. The van der Waals surface area contributed by atoms with Crippen molar-refractivity contribution in [3.63, 3.8) is 0 Å². The van der Waals surface area contributed by atoms with E-state index in [1.54, 1.807) is 0 Å². The van der Waals surface area contributed by atoms with Crippen LogP contribution in [0.4, 0.5) is 0 Å². The van der Waals surface area contributed by atoms with Gasteiger partial charge in [0.15, 0.2) is 5.78 Å². The SMILES string of the molecule is C[C@]12CC(Br)C(=O)C=C1C(Br)(CBr)C[C@@H]1[C@H]2CC[C@]2(C)C(=O)CC[C@@H]12. The third-order valence-corrected chi connectivity index (χ3v) is 11.5. The summed E-state index contributed by atoms with van der Waals surface area (Å²) in [5, 5.41) is 0.808. The molecule has 0 saturated heterocycles.